The Labute approximate surface area is 165 Å². The average molecular weight is 407 g/mol. The fraction of sp³-hybridized carbons (Fsp3) is 0.450. The second-order valence-corrected chi connectivity index (χ2v) is 10.5. The van der Waals surface area contributed by atoms with Gasteiger partial charge in [0.1, 0.15) is 0 Å². The fourth-order valence-electron chi connectivity index (χ4n) is 3.65. The summed E-state index contributed by atoms with van der Waals surface area (Å²) in [6.07, 6.45) is 1.05. The van der Waals surface area contributed by atoms with Crippen molar-refractivity contribution in [2.75, 3.05) is 20.1 Å². The zero-order valence-electron chi connectivity index (χ0n) is 16.0. The van der Waals surface area contributed by atoms with Gasteiger partial charge >= 0.3 is 0 Å². The van der Waals surface area contributed by atoms with Crippen LogP contribution in [0.1, 0.15) is 35.5 Å². The van der Waals surface area contributed by atoms with E-state index in [1.165, 1.54) is 0 Å². The van der Waals surface area contributed by atoms with E-state index < -0.39 is 10.0 Å². The number of carbonyl (C=O) groups excluding carboxylic acids is 1. The Morgan fingerprint density at radius 3 is 2.33 bits per heavy atom. The van der Waals surface area contributed by atoms with Crippen molar-refractivity contribution in [1.82, 2.24) is 9.21 Å². The quantitative estimate of drug-likeness (QED) is 0.761. The lowest BCUT2D eigenvalue weighted by atomic mass is 9.94. The zero-order chi connectivity index (χ0) is 19.6. The number of carbonyl (C=O) groups is 1. The van der Waals surface area contributed by atoms with Crippen LogP contribution in [0.25, 0.3) is 0 Å². The maximum Gasteiger partial charge on any atom is 0.253 e. The van der Waals surface area contributed by atoms with E-state index in [2.05, 4.69) is 13.8 Å². The topological polar surface area (TPSA) is 57.7 Å². The van der Waals surface area contributed by atoms with Gasteiger partial charge in [-0.25, -0.2) is 8.42 Å². The molecule has 5 nitrogen and oxygen atoms in total. The highest BCUT2D eigenvalue weighted by Gasteiger charge is 2.31. The predicted octanol–water partition coefficient (Wildman–Crippen LogP) is 3.69. The van der Waals surface area contributed by atoms with Crippen LogP contribution in [-0.4, -0.2) is 43.7 Å². The lowest BCUT2D eigenvalue weighted by molar-refractivity contribution is 0.0786. The summed E-state index contributed by atoms with van der Waals surface area (Å²) < 4.78 is 27.4. The van der Waals surface area contributed by atoms with Crippen molar-refractivity contribution in [3.63, 3.8) is 0 Å². The molecule has 2 heterocycles. The van der Waals surface area contributed by atoms with Crippen molar-refractivity contribution < 1.29 is 13.2 Å². The number of piperidine rings is 1. The maximum atomic E-state index is 12.9. The van der Waals surface area contributed by atoms with Gasteiger partial charge in [-0.1, -0.05) is 19.9 Å². The third-order valence-corrected chi connectivity index (χ3v) is 7.60. The van der Waals surface area contributed by atoms with Gasteiger partial charge in [0.05, 0.1) is 11.4 Å². The van der Waals surface area contributed by atoms with Crippen LogP contribution in [0, 0.1) is 11.8 Å². The highest BCUT2D eigenvalue weighted by Crippen LogP contribution is 2.27. The molecule has 0 aliphatic carbocycles. The molecule has 146 valence electrons. The monoisotopic (exact) mass is 406 g/mol. The van der Waals surface area contributed by atoms with Crippen LogP contribution in [0.15, 0.2) is 46.7 Å². The van der Waals surface area contributed by atoms with Crippen molar-refractivity contribution in [3.8, 4) is 0 Å². The van der Waals surface area contributed by atoms with Crippen molar-refractivity contribution in [2.24, 2.45) is 11.8 Å². The molecule has 0 spiro atoms. The summed E-state index contributed by atoms with van der Waals surface area (Å²) in [7, 11) is -1.77. The number of benzene rings is 1. The standard InChI is InChI=1S/C20H26N2O3S2/c1-15-11-16(2)13-22(12-15)27(24,25)19-8-6-17(7-9-19)20(23)21(3)14-18-5-4-10-26-18/h4-10,15-16H,11-14H2,1-3H3/t15-,16-/m1/s1. The van der Waals surface area contributed by atoms with E-state index in [-0.39, 0.29) is 10.8 Å². The van der Waals surface area contributed by atoms with Crippen molar-refractivity contribution in [1.29, 1.82) is 0 Å². The van der Waals surface area contributed by atoms with Gasteiger partial charge < -0.3 is 4.90 Å². The van der Waals surface area contributed by atoms with E-state index in [0.717, 1.165) is 11.3 Å². The Kier molecular flexibility index (Phi) is 6.03. The Hall–Kier alpha value is -1.70. The molecule has 3 rings (SSSR count). The molecule has 0 radical (unpaired) electrons. The first-order chi connectivity index (χ1) is 12.8. The first-order valence-corrected chi connectivity index (χ1v) is 11.5. The van der Waals surface area contributed by atoms with Crippen LogP contribution in [0.5, 0.6) is 0 Å². The lowest BCUT2D eigenvalue weighted by Gasteiger charge is -2.34. The molecule has 0 saturated carbocycles. The van der Waals surface area contributed by atoms with Crippen molar-refractivity contribution in [2.45, 2.75) is 31.7 Å². The van der Waals surface area contributed by atoms with Gasteiger partial charge in [-0.15, -0.1) is 11.3 Å². The highest BCUT2D eigenvalue weighted by molar-refractivity contribution is 7.89. The summed E-state index contributed by atoms with van der Waals surface area (Å²) in [6.45, 7) is 5.82. The Bertz CT molecular complexity index is 866. The van der Waals surface area contributed by atoms with Crippen LogP contribution in [-0.2, 0) is 16.6 Å². The van der Waals surface area contributed by atoms with Crippen LogP contribution in [0.2, 0.25) is 0 Å². The average Bonchev–Trinajstić information content (AvgIpc) is 3.13. The molecule has 1 saturated heterocycles. The minimum atomic E-state index is -3.52. The zero-order valence-corrected chi connectivity index (χ0v) is 17.6. The van der Waals surface area contributed by atoms with E-state index in [0.29, 0.717) is 37.0 Å². The predicted molar refractivity (Wildman–Crippen MR) is 108 cm³/mol. The Morgan fingerprint density at radius 2 is 1.78 bits per heavy atom. The van der Waals surface area contributed by atoms with Crippen molar-refractivity contribution >= 4 is 27.3 Å². The number of hydrogen-bond donors (Lipinski definition) is 0. The summed E-state index contributed by atoms with van der Waals surface area (Å²) in [5.74, 6) is 0.595. The summed E-state index contributed by atoms with van der Waals surface area (Å²) in [4.78, 5) is 15.6. The van der Waals surface area contributed by atoms with Crippen LogP contribution in [0.3, 0.4) is 0 Å². The van der Waals surface area contributed by atoms with Gasteiger partial charge in [0, 0.05) is 30.6 Å². The number of rotatable bonds is 5. The fourth-order valence-corrected chi connectivity index (χ4v) is 6.09. The molecule has 0 bridgehead atoms. The molecular weight excluding hydrogens is 380 g/mol. The molecule has 1 amide bonds. The van der Waals surface area contributed by atoms with E-state index in [9.17, 15) is 13.2 Å². The minimum absolute atomic E-state index is 0.118. The van der Waals surface area contributed by atoms with Gasteiger partial charge in [0.15, 0.2) is 0 Å². The molecule has 1 aliphatic rings. The highest BCUT2D eigenvalue weighted by atomic mass is 32.2. The molecule has 7 heteroatoms. The first kappa shape index (κ1) is 20.0. The summed E-state index contributed by atoms with van der Waals surface area (Å²) >= 11 is 1.61. The lowest BCUT2D eigenvalue weighted by Crippen LogP contribution is -2.42. The summed E-state index contributed by atoms with van der Waals surface area (Å²) in [6, 6.07) is 10.3. The SMILES string of the molecule is C[C@@H]1C[C@@H](C)CN(S(=O)(=O)c2ccc(C(=O)N(C)Cc3cccs3)cc2)C1. The largest absolute Gasteiger partial charge is 0.337 e. The van der Waals surface area contributed by atoms with E-state index >= 15 is 0 Å². The van der Waals surface area contributed by atoms with Crippen molar-refractivity contribution in [3.05, 3.63) is 52.2 Å². The Morgan fingerprint density at radius 1 is 1.15 bits per heavy atom. The molecule has 1 aromatic carbocycles. The number of sulfonamides is 1. The maximum absolute atomic E-state index is 12.9. The number of hydrogen-bond acceptors (Lipinski definition) is 4. The van der Waals surface area contributed by atoms with E-state index in [4.69, 9.17) is 0 Å². The molecule has 1 aromatic heterocycles. The summed E-state index contributed by atoms with van der Waals surface area (Å²) in [5, 5.41) is 1.98. The van der Waals surface area contributed by atoms with Crippen LogP contribution in [0.4, 0.5) is 0 Å². The third-order valence-electron chi connectivity index (χ3n) is 4.89. The number of nitrogens with zero attached hydrogens (tertiary/aromatic N) is 2. The molecule has 2 atom stereocenters. The van der Waals surface area contributed by atoms with Gasteiger partial charge in [-0.05, 0) is 54.0 Å². The Balaban J connectivity index is 1.73. The third kappa shape index (κ3) is 4.59. The molecular formula is C20H26N2O3S2. The van der Waals surface area contributed by atoms with Gasteiger partial charge in [-0.3, -0.25) is 4.79 Å². The van der Waals surface area contributed by atoms with E-state index in [1.807, 2.05) is 17.5 Å². The van der Waals surface area contributed by atoms with Crippen LogP contribution >= 0.6 is 11.3 Å². The van der Waals surface area contributed by atoms with Gasteiger partial charge in [-0.2, -0.15) is 4.31 Å². The van der Waals surface area contributed by atoms with Gasteiger partial charge in [0.2, 0.25) is 10.0 Å². The molecule has 27 heavy (non-hydrogen) atoms. The second kappa shape index (κ2) is 8.12. The molecule has 1 aliphatic heterocycles. The molecule has 1 fully saturated rings. The van der Waals surface area contributed by atoms with Crippen LogP contribution < -0.4 is 0 Å². The molecule has 2 aromatic rings. The minimum Gasteiger partial charge on any atom is -0.337 e. The summed E-state index contributed by atoms with van der Waals surface area (Å²) in [5.41, 5.74) is 0.494. The molecule has 0 unspecified atom stereocenters. The number of thiophene rings is 1. The molecule has 0 N–H and O–H groups in total. The van der Waals surface area contributed by atoms with E-state index in [1.54, 1.807) is 51.9 Å². The van der Waals surface area contributed by atoms with Gasteiger partial charge in [0.25, 0.3) is 5.91 Å². The second-order valence-electron chi connectivity index (χ2n) is 7.53. The first-order valence-electron chi connectivity index (χ1n) is 9.15. The number of amides is 1. The smallest absolute Gasteiger partial charge is 0.253 e. The normalized spacial score (nSPS) is 21.1.